The Kier molecular flexibility index (Phi) is 5.09. The largest absolute Gasteiger partial charge is 0.497 e. The minimum Gasteiger partial charge on any atom is -0.497 e. The topological polar surface area (TPSA) is 34.1 Å². The van der Waals surface area contributed by atoms with Gasteiger partial charge in [0.1, 0.15) is 11.5 Å². The molecule has 0 aromatic heterocycles. The fourth-order valence-electron chi connectivity index (χ4n) is 4.83. The summed E-state index contributed by atoms with van der Waals surface area (Å²) in [4.78, 5) is 0. The Morgan fingerprint density at radius 2 is 1.83 bits per heavy atom. The van der Waals surface area contributed by atoms with Crippen LogP contribution in [0.25, 0.3) is 0 Å². The van der Waals surface area contributed by atoms with Gasteiger partial charge in [-0.1, -0.05) is 42.5 Å². The summed E-state index contributed by atoms with van der Waals surface area (Å²) in [5.74, 6) is 2.08. The van der Waals surface area contributed by atoms with Gasteiger partial charge in [-0.2, -0.15) is 5.10 Å². The van der Waals surface area contributed by atoms with E-state index in [2.05, 4.69) is 17.1 Å². The number of benzene rings is 2. The molecule has 0 bridgehead atoms. The number of hydrogen-bond acceptors (Lipinski definition) is 4. The standard InChI is InChI=1S/C23H24Cl2N2O2/c1-28-17-9-7-14(8-10-17)20-13-21-18-11-16(24)12-19(25)22(18)29-23(27(21)26-20)15-5-3-2-4-6-15/h7-12,15,21,23H,2-6,13H2,1H3/t21-,23+/m1/s1. The van der Waals surface area contributed by atoms with Crippen LogP contribution in [0.5, 0.6) is 11.5 Å². The zero-order valence-corrected chi connectivity index (χ0v) is 17.9. The van der Waals surface area contributed by atoms with Crippen molar-refractivity contribution in [3.63, 3.8) is 0 Å². The number of fused-ring (bicyclic) bond motifs is 3. The lowest BCUT2D eigenvalue weighted by molar-refractivity contribution is -0.0642. The van der Waals surface area contributed by atoms with Crippen LogP contribution in [0.15, 0.2) is 41.5 Å². The monoisotopic (exact) mass is 430 g/mol. The summed E-state index contributed by atoms with van der Waals surface area (Å²) in [6.07, 6.45) is 6.87. The summed E-state index contributed by atoms with van der Waals surface area (Å²) in [6, 6.07) is 11.9. The minimum absolute atomic E-state index is 0.0813. The third kappa shape index (κ3) is 3.47. The van der Waals surface area contributed by atoms with Crippen molar-refractivity contribution in [2.75, 3.05) is 7.11 Å². The molecule has 6 heteroatoms. The lowest BCUT2D eigenvalue weighted by atomic mass is 9.86. The summed E-state index contributed by atoms with van der Waals surface area (Å²) in [7, 11) is 1.68. The highest BCUT2D eigenvalue weighted by atomic mass is 35.5. The number of nitrogens with zero attached hydrogens (tertiary/aromatic N) is 2. The van der Waals surface area contributed by atoms with E-state index >= 15 is 0 Å². The van der Waals surface area contributed by atoms with E-state index in [-0.39, 0.29) is 12.3 Å². The second-order valence-electron chi connectivity index (χ2n) is 8.09. The van der Waals surface area contributed by atoms with Crippen LogP contribution in [-0.4, -0.2) is 24.1 Å². The molecule has 3 aliphatic rings. The van der Waals surface area contributed by atoms with Gasteiger partial charge >= 0.3 is 0 Å². The molecule has 2 heterocycles. The highest BCUT2D eigenvalue weighted by molar-refractivity contribution is 6.35. The Hall–Kier alpha value is -1.91. The van der Waals surface area contributed by atoms with Gasteiger partial charge in [-0.3, -0.25) is 0 Å². The second kappa shape index (κ2) is 7.73. The van der Waals surface area contributed by atoms with E-state index in [1.807, 2.05) is 18.2 Å². The molecule has 2 aliphatic heterocycles. The van der Waals surface area contributed by atoms with Crippen LogP contribution in [0.2, 0.25) is 10.0 Å². The summed E-state index contributed by atoms with van der Waals surface area (Å²) in [6.45, 7) is 0. The zero-order valence-electron chi connectivity index (χ0n) is 16.4. The first-order chi connectivity index (χ1) is 14.1. The van der Waals surface area contributed by atoms with E-state index in [0.717, 1.165) is 34.8 Å². The molecule has 0 unspecified atom stereocenters. The molecule has 0 saturated heterocycles. The second-order valence-corrected chi connectivity index (χ2v) is 8.93. The summed E-state index contributed by atoms with van der Waals surface area (Å²) >= 11 is 12.9. The Morgan fingerprint density at radius 1 is 1.07 bits per heavy atom. The molecule has 29 heavy (non-hydrogen) atoms. The maximum absolute atomic E-state index is 6.55. The first kappa shape index (κ1) is 19.1. The third-order valence-electron chi connectivity index (χ3n) is 6.31. The smallest absolute Gasteiger partial charge is 0.190 e. The van der Waals surface area contributed by atoms with Crippen molar-refractivity contribution in [1.29, 1.82) is 0 Å². The lowest BCUT2D eigenvalue weighted by Gasteiger charge is -2.43. The van der Waals surface area contributed by atoms with Crippen LogP contribution in [0.3, 0.4) is 0 Å². The van der Waals surface area contributed by atoms with Crippen LogP contribution in [0, 0.1) is 5.92 Å². The highest BCUT2D eigenvalue weighted by Crippen LogP contribution is 2.49. The molecular weight excluding hydrogens is 407 g/mol. The Bertz CT molecular complexity index is 939. The Labute approximate surface area is 181 Å². The van der Waals surface area contributed by atoms with Crippen molar-refractivity contribution in [3.8, 4) is 11.5 Å². The molecule has 2 aromatic rings. The predicted octanol–water partition coefficient (Wildman–Crippen LogP) is 6.45. The fourth-order valence-corrected chi connectivity index (χ4v) is 5.38. The zero-order chi connectivity index (χ0) is 20.0. The first-order valence-electron chi connectivity index (χ1n) is 10.3. The van der Waals surface area contributed by atoms with Crippen LogP contribution in [0.1, 0.15) is 55.7 Å². The molecule has 0 N–H and O–H groups in total. The Morgan fingerprint density at radius 3 is 2.55 bits per heavy atom. The van der Waals surface area contributed by atoms with Crippen molar-refractivity contribution < 1.29 is 9.47 Å². The quantitative estimate of drug-likeness (QED) is 0.560. The van der Waals surface area contributed by atoms with E-state index in [0.29, 0.717) is 16.0 Å². The van der Waals surface area contributed by atoms with Gasteiger partial charge < -0.3 is 9.47 Å². The van der Waals surface area contributed by atoms with Crippen LogP contribution in [-0.2, 0) is 0 Å². The average molecular weight is 431 g/mol. The fraction of sp³-hybridized carbons (Fsp3) is 0.435. The van der Waals surface area contributed by atoms with Crippen molar-refractivity contribution in [1.82, 2.24) is 5.01 Å². The molecule has 1 fully saturated rings. The van der Waals surface area contributed by atoms with Gasteiger partial charge in [-0.05, 0) is 54.8 Å². The number of hydrazone groups is 1. The molecular formula is C23H24Cl2N2O2. The van der Waals surface area contributed by atoms with Gasteiger partial charge in [-0.15, -0.1) is 0 Å². The molecule has 152 valence electrons. The van der Waals surface area contributed by atoms with E-state index < -0.39 is 0 Å². The van der Waals surface area contributed by atoms with Gasteiger partial charge in [-0.25, -0.2) is 5.01 Å². The number of methoxy groups -OCH3 is 1. The molecule has 0 spiro atoms. The van der Waals surface area contributed by atoms with Crippen molar-refractivity contribution in [2.45, 2.75) is 50.8 Å². The molecule has 1 saturated carbocycles. The molecule has 1 aliphatic carbocycles. The maximum atomic E-state index is 6.55. The van der Waals surface area contributed by atoms with Crippen molar-refractivity contribution >= 4 is 28.9 Å². The molecule has 0 radical (unpaired) electrons. The number of rotatable bonds is 3. The van der Waals surface area contributed by atoms with E-state index in [9.17, 15) is 0 Å². The van der Waals surface area contributed by atoms with E-state index in [1.54, 1.807) is 13.2 Å². The predicted molar refractivity (Wildman–Crippen MR) is 116 cm³/mol. The van der Waals surface area contributed by atoms with Gasteiger partial charge in [0.05, 0.1) is 23.9 Å². The summed E-state index contributed by atoms with van der Waals surface area (Å²) in [5.41, 5.74) is 3.20. The number of ether oxygens (including phenoxy) is 2. The van der Waals surface area contributed by atoms with Gasteiger partial charge in [0, 0.05) is 22.9 Å². The number of halogens is 2. The average Bonchev–Trinajstić information content (AvgIpc) is 3.20. The Balaban J connectivity index is 1.54. The van der Waals surface area contributed by atoms with Crippen LogP contribution in [0.4, 0.5) is 0 Å². The molecule has 4 nitrogen and oxygen atoms in total. The first-order valence-corrected chi connectivity index (χ1v) is 11.1. The molecule has 5 rings (SSSR count). The molecule has 0 amide bonds. The lowest BCUT2D eigenvalue weighted by Crippen LogP contribution is -2.46. The normalized spacial score (nSPS) is 23.8. The SMILES string of the molecule is COc1ccc(C2=NN3[C@H](C2)c2cc(Cl)cc(Cl)c2O[C@H]3C2CCCCC2)cc1. The summed E-state index contributed by atoms with van der Waals surface area (Å²) in [5, 5.41) is 8.44. The van der Waals surface area contributed by atoms with Crippen molar-refractivity contribution in [3.05, 3.63) is 57.6 Å². The van der Waals surface area contributed by atoms with Crippen molar-refractivity contribution in [2.24, 2.45) is 11.0 Å². The van der Waals surface area contributed by atoms with Gasteiger partial charge in [0.25, 0.3) is 0 Å². The molecule has 2 aromatic carbocycles. The van der Waals surface area contributed by atoms with Gasteiger partial charge in [0.2, 0.25) is 0 Å². The highest BCUT2D eigenvalue weighted by Gasteiger charge is 2.44. The van der Waals surface area contributed by atoms with Crippen LogP contribution >= 0.6 is 23.2 Å². The minimum atomic E-state index is -0.0813. The van der Waals surface area contributed by atoms with E-state index in [1.165, 1.54) is 32.1 Å². The third-order valence-corrected chi connectivity index (χ3v) is 6.81. The molecule has 2 atom stereocenters. The van der Waals surface area contributed by atoms with Crippen LogP contribution < -0.4 is 9.47 Å². The summed E-state index contributed by atoms with van der Waals surface area (Å²) < 4.78 is 11.8. The number of hydrogen-bond donors (Lipinski definition) is 0. The van der Waals surface area contributed by atoms with Gasteiger partial charge in [0.15, 0.2) is 6.23 Å². The van der Waals surface area contributed by atoms with E-state index in [4.69, 9.17) is 37.8 Å². The maximum Gasteiger partial charge on any atom is 0.190 e.